The van der Waals surface area contributed by atoms with Gasteiger partial charge in [-0.05, 0) is 51.0 Å². The van der Waals surface area contributed by atoms with Crippen molar-refractivity contribution in [3.63, 3.8) is 0 Å². The van der Waals surface area contributed by atoms with Gasteiger partial charge in [0.25, 0.3) is 5.91 Å². The Kier molecular flexibility index (Phi) is 5.03. The van der Waals surface area contributed by atoms with Crippen molar-refractivity contribution in [1.29, 1.82) is 0 Å². The van der Waals surface area contributed by atoms with Crippen LogP contribution < -0.4 is 10.2 Å². The molecule has 4 aromatic rings. The zero-order valence-corrected chi connectivity index (χ0v) is 18.1. The molecule has 1 amide bonds. The van der Waals surface area contributed by atoms with Crippen LogP contribution in [-0.2, 0) is 10.3 Å². The van der Waals surface area contributed by atoms with Gasteiger partial charge in [0.15, 0.2) is 5.65 Å². The summed E-state index contributed by atoms with van der Waals surface area (Å²) < 4.78 is 31.3. The minimum Gasteiger partial charge on any atom is -0.349 e. The van der Waals surface area contributed by atoms with Crippen molar-refractivity contribution in [3.8, 4) is 0 Å². The molecule has 11 heteroatoms. The molecular weight excluding hydrogens is 430 g/mol. The molecule has 1 aliphatic rings. The molecular formula is C22H22F2N8O. The van der Waals surface area contributed by atoms with Gasteiger partial charge in [0.1, 0.15) is 41.3 Å². The number of hydrogen-bond donors (Lipinski definition) is 1. The van der Waals surface area contributed by atoms with Crippen LogP contribution in [0.3, 0.4) is 0 Å². The number of hydrogen-bond acceptors (Lipinski definition) is 6. The molecule has 9 nitrogen and oxygen atoms in total. The van der Waals surface area contributed by atoms with Crippen molar-refractivity contribution in [2.45, 2.75) is 38.3 Å². The highest BCUT2D eigenvalue weighted by Crippen LogP contribution is 2.37. The van der Waals surface area contributed by atoms with E-state index in [0.717, 1.165) is 18.6 Å². The molecule has 4 heterocycles. The standard InChI is InChI=1S/C22H22F2N8O/c1-22(2,32-13-25-12-27-32)21(33)28-17-11-26-31-9-7-19(29-20(17)31)30-8-3-4-18(30)15-10-14(23)5-6-16(15)24/h5-7,9-13,18H,3-4,8H2,1-2H3,(H,28,33)/t18-/m1/s1. The molecule has 3 aromatic heterocycles. The number of anilines is 2. The number of nitrogens with one attached hydrogen (secondary N) is 1. The van der Waals surface area contributed by atoms with E-state index in [2.05, 4.69) is 20.5 Å². The van der Waals surface area contributed by atoms with Gasteiger partial charge >= 0.3 is 0 Å². The highest BCUT2D eigenvalue weighted by Gasteiger charge is 2.32. The SMILES string of the molecule is CC(C)(C(=O)Nc1cnn2ccc(N3CCC[C@@H]3c3cc(F)ccc3F)nc12)n1cncn1. The second-order valence-corrected chi connectivity index (χ2v) is 8.48. The van der Waals surface area contributed by atoms with Crippen LogP contribution in [0.5, 0.6) is 0 Å². The summed E-state index contributed by atoms with van der Waals surface area (Å²) >= 11 is 0. The summed E-state index contributed by atoms with van der Waals surface area (Å²) in [6.45, 7) is 4.10. The average Bonchev–Trinajstić information content (AvgIpc) is 3.56. The lowest BCUT2D eigenvalue weighted by molar-refractivity contribution is -0.123. The summed E-state index contributed by atoms with van der Waals surface area (Å²) in [4.78, 5) is 23.5. The second kappa shape index (κ2) is 7.91. The molecule has 0 unspecified atom stereocenters. The van der Waals surface area contributed by atoms with Crippen LogP contribution in [0.2, 0.25) is 0 Å². The van der Waals surface area contributed by atoms with Crippen molar-refractivity contribution in [1.82, 2.24) is 29.4 Å². The zero-order chi connectivity index (χ0) is 23.2. The Hall–Kier alpha value is -3.89. The first-order valence-corrected chi connectivity index (χ1v) is 10.6. The fraction of sp³-hybridized carbons (Fsp3) is 0.318. The van der Waals surface area contributed by atoms with Gasteiger partial charge < -0.3 is 10.2 Å². The molecule has 1 N–H and O–H groups in total. The highest BCUT2D eigenvalue weighted by atomic mass is 19.1. The van der Waals surface area contributed by atoms with Gasteiger partial charge in [0.2, 0.25) is 0 Å². The lowest BCUT2D eigenvalue weighted by Gasteiger charge is -2.26. The maximum absolute atomic E-state index is 14.5. The van der Waals surface area contributed by atoms with E-state index in [-0.39, 0.29) is 11.9 Å². The number of aromatic nitrogens is 6. The van der Waals surface area contributed by atoms with Crippen LogP contribution in [0, 0.1) is 11.6 Å². The van der Waals surface area contributed by atoms with E-state index in [1.165, 1.54) is 29.6 Å². The second-order valence-electron chi connectivity index (χ2n) is 8.48. The molecule has 5 rings (SSSR count). The smallest absolute Gasteiger partial charge is 0.251 e. The maximum Gasteiger partial charge on any atom is 0.251 e. The Morgan fingerprint density at radius 3 is 2.85 bits per heavy atom. The minimum atomic E-state index is -0.989. The number of halogens is 2. The summed E-state index contributed by atoms with van der Waals surface area (Å²) in [7, 11) is 0. The van der Waals surface area contributed by atoms with E-state index in [4.69, 9.17) is 4.98 Å². The molecule has 170 valence electrons. The third-order valence-corrected chi connectivity index (χ3v) is 6.01. The van der Waals surface area contributed by atoms with E-state index in [1.54, 1.807) is 30.6 Å². The number of fused-ring (bicyclic) bond motifs is 1. The fourth-order valence-electron chi connectivity index (χ4n) is 4.12. The molecule has 1 saturated heterocycles. The zero-order valence-electron chi connectivity index (χ0n) is 18.1. The van der Waals surface area contributed by atoms with Gasteiger partial charge in [-0.2, -0.15) is 10.2 Å². The molecule has 1 aliphatic heterocycles. The van der Waals surface area contributed by atoms with E-state index in [0.29, 0.717) is 35.7 Å². The number of nitrogens with zero attached hydrogens (tertiary/aromatic N) is 7. The molecule has 0 saturated carbocycles. The lowest BCUT2D eigenvalue weighted by Crippen LogP contribution is -2.40. The first-order chi connectivity index (χ1) is 15.8. The van der Waals surface area contributed by atoms with E-state index >= 15 is 0 Å². The number of carbonyl (C=O) groups is 1. The largest absolute Gasteiger partial charge is 0.349 e. The van der Waals surface area contributed by atoms with Crippen molar-refractivity contribution in [2.75, 3.05) is 16.8 Å². The van der Waals surface area contributed by atoms with Crippen molar-refractivity contribution in [3.05, 3.63) is 66.5 Å². The normalized spacial score (nSPS) is 16.5. The minimum absolute atomic E-state index is 0.309. The number of amides is 1. The molecule has 0 radical (unpaired) electrons. The maximum atomic E-state index is 14.5. The van der Waals surface area contributed by atoms with Crippen molar-refractivity contribution >= 4 is 23.1 Å². The number of rotatable bonds is 5. The van der Waals surface area contributed by atoms with Crippen molar-refractivity contribution in [2.24, 2.45) is 0 Å². The molecule has 0 spiro atoms. The van der Waals surface area contributed by atoms with Gasteiger partial charge in [0.05, 0.1) is 12.2 Å². The lowest BCUT2D eigenvalue weighted by atomic mass is 10.0. The molecule has 0 bridgehead atoms. The topological polar surface area (TPSA) is 93.2 Å². The van der Waals surface area contributed by atoms with Gasteiger partial charge in [-0.25, -0.2) is 27.9 Å². The first-order valence-electron chi connectivity index (χ1n) is 10.6. The van der Waals surface area contributed by atoms with Crippen LogP contribution in [0.15, 0.2) is 49.3 Å². The summed E-state index contributed by atoms with van der Waals surface area (Å²) in [5.41, 5.74) is 0.200. The molecule has 1 atom stereocenters. The average molecular weight is 452 g/mol. The third kappa shape index (κ3) is 3.69. The van der Waals surface area contributed by atoms with Crippen LogP contribution in [0.4, 0.5) is 20.3 Å². The Bertz CT molecular complexity index is 1320. The molecule has 33 heavy (non-hydrogen) atoms. The van der Waals surface area contributed by atoms with E-state index < -0.39 is 17.2 Å². The summed E-state index contributed by atoms with van der Waals surface area (Å²) in [6, 6.07) is 4.96. The number of benzene rings is 1. The van der Waals surface area contributed by atoms with Gasteiger partial charge in [-0.15, -0.1) is 0 Å². The molecule has 1 fully saturated rings. The van der Waals surface area contributed by atoms with Gasteiger partial charge in [0, 0.05) is 18.3 Å². The molecule has 1 aromatic carbocycles. The Balaban J connectivity index is 1.46. The Morgan fingerprint density at radius 1 is 1.21 bits per heavy atom. The van der Waals surface area contributed by atoms with Crippen molar-refractivity contribution < 1.29 is 13.6 Å². The number of carbonyl (C=O) groups excluding carboxylic acids is 1. The van der Waals surface area contributed by atoms with Crippen LogP contribution >= 0.6 is 0 Å². The van der Waals surface area contributed by atoms with Crippen LogP contribution in [-0.4, -0.2) is 41.8 Å². The third-order valence-electron chi connectivity index (χ3n) is 6.01. The summed E-state index contributed by atoms with van der Waals surface area (Å²) in [6.07, 6.45) is 7.60. The highest BCUT2D eigenvalue weighted by molar-refractivity contribution is 5.98. The van der Waals surface area contributed by atoms with Crippen LogP contribution in [0.1, 0.15) is 38.3 Å². The molecule has 0 aliphatic carbocycles. The fourth-order valence-corrected chi connectivity index (χ4v) is 4.12. The monoisotopic (exact) mass is 452 g/mol. The van der Waals surface area contributed by atoms with E-state index in [9.17, 15) is 13.6 Å². The van der Waals surface area contributed by atoms with Crippen LogP contribution in [0.25, 0.3) is 5.65 Å². The quantitative estimate of drug-likeness (QED) is 0.499. The first kappa shape index (κ1) is 21.0. The Labute approximate surface area is 188 Å². The predicted molar refractivity (Wildman–Crippen MR) is 117 cm³/mol. The van der Waals surface area contributed by atoms with Gasteiger partial charge in [-0.3, -0.25) is 4.79 Å². The van der Waals surface area contributed by atoms with Gasteiger partial charge in [-0.1, -0.05) is 0 Å². The summed E-state index contributed by atoms with van der Waals surface area (Å²) in [5, 5.41) is 11.2. The summed E-state index contributed by atoms with van der Waals surface area (Å²) in [5.74, 6) is -0.629. The van der Waals surface area contributed by atoms with E-state index in [1.807, 2.05) is 4.90 Å². The Morgan fingerprint density at radius 2 is 2.06 bits per heavy atom. The predicted octanol–water partition coefficient (Wildman–Crippen LogP) is 3.31.